The Balaban J connectivity index is 4.57. The van der Waals surface area contributed by atoms with E-state index in [-0.39, 0.29) is 26.1 Å². The van der Waals surface area contributed by atoms with E-state index in [4.69, 9.17) is 18.5 Å². The third kappa shape index (κ3) is 38.9. The molecule has 0 bridgehead atoms. The predicted octanol–water partition coefficient (Wildman–Crippen LogP) is 10.6. The highest BCUT2D eigenvalue weighted by molar-refractivity contribution is 7.45. The molecule has 0 aliphatic rings. The zero-order valence-corrected chi connectivity index (χ0v) is 35.3. The minimum Gasteiger partial charge on any atom is -0.756 e. The Labute approximate surface area is 329 Å². The standard InChI is InChI=1S/C44H74NO8P/c1-6-8-10-12-14-16-18-20-22-24-26-28-30-32-34-36-43(46)50-40-42(41-52-54(48,49)51-39-38-45(3,4)5)53-44(47)37-35-33-31-29-27-25-23-21-19-17-15-13-11-9-7-2/h9,11,14-17,20-23,26-29,42H,6-8,10,12-13,18-19,24-25,30-41H2,1-5H3/b11-9-,16-14-,17-15-,22-20-,23-21-,28-26-,29-27-/t42-/m1/s1. The molecular formula is C44H74NO8P. The SMILES string of the molecule is CC/C=C\C/C=C\C/C=C\C/C=C\CCCCC(=O)O[C@H](COC(=O)CCCC/C=C\C/C=C\C/C=C\CCCCC)COP(=O)([O-])OCC[N+](C)(C)C. The highest BCUT2D eigenvalue weighted by atomic mass is 31.2. The second kappa shape index (κ2) is 35.9. The second-order valence-electron chi connectivity index (χ2n) is 14.3. The highest BCUT2D eigenvalue weighted by Gasteiger charge is 2.21. The second-order valence-corrected chi connectivity index (χ2v) is 15.7. The van der Waals surface area contributed by atoms with Crippen LogP contribution in [0, 0.1) is 0 Å². The smallest absolute Gasteiger partial charge is 0.306 e. The van der Waals surface area contributed by atoms with Gasteiger partial charge in [-0.15, -0.1) is 0 Å². The largest absolute Gasteiger partial charge is 0.756 e. The molecule has 0 spiro atoms. The molecule has 0 saturated heterocycles. The van der Waals surface area contributed by atoms with Gasteiger partial charge in [0.25, 0.3) is 7.82 Å². The summed E-state index contributed by atoms with van der Waals surface area (Å²) in [7, 11) is 1.10. The lowest BCUT2D eigenvalue weighted by Gasteiger charge is -2.28. The van der Waals surface area contributed by atoms with Gasteiger partial charge in [-0.2, -0.15) is 0 Å². The van der Waals surface area contributed by atoms with Gasteiger partial charge in [0.1, 0.15) is 19.8 Å². The van der Waals surface area contributed by atoms with Gasteiger partial charge in [0.05, 0.1) is 27.7 Å². The number of unbranched alkanes of at least 4 members (excludes halogenated alkanes) is 7. The summed E-state index contributed by atoms with van der Waals surface area (Å²) in [4.78, 5) is 37.4. The minimum absolute atomic E-state index is 0.0499. The molecule has 2 atom stereocenters. The van der Waals surface area contributed by atoms with Crippen LogP contribution in [0.25, 0.3) is 0 Å². The van der Waals surface area contributed by atoms with Crippen LogP contribution in [0.4, 0.5) is 0 Å². The summed E-state index contributed by atoms with van der Waals surface area (Å²) in [6, 6.07) is 0. The maximum absolute atomic E-state index is 12.6. The molecule has 0 radical (unpaired) electrons. The number of carbonyl (C=O) groups excluding carboxylic acids is 2. The summed E-state index contributed by atoms with van der Waals surface area (Å²) in [6.45, 7) is 3.95. The summed E-state index contributed by atoms with van der Waals surface area (Å²) < 4.78 is 33.7. The van der Waals surface area contributed by atoms with Crippen LogP contribution in [-0.2, 0) is 32.7 Å². The molecule has 0 heterocycles. The van der Waals surface area contributed by atoms with Crippen molar-refractivity contribution in [3.05, 3.63) is 85.1 Å². The molecular weight excluding hydrogens is 701 g/mol. The Morgan fingerprint density at radius 1 is 0.593 bits per heavy atom. The van der Waals surface area contributed by atoms with Crippen molar-refractivity contribution in [2.75, 3.05) is 47.5 Å². The fourth-order valence-corrected chi connectivity index (χ4v) is 5.44. The molecule has 0 aromatic heterocycles. The van der Waals surface area contributed by atoms with E-state index in [2.05, 4.69) is 98.9 Å². The lowest BCUT2D eigenvalue weighted by molar-refractivity contribution is -0.870. The average molecular weight is 776 g/mol. The van der Waals surface area contributed by atoms with Gasteiger partial charge in [-0.3, -0.25) is 14.2 Å². The lowest BCUT2D eigenvalue weighted by atomic mass is 10.1. The molecule has 0 rings (SSSR count). The average Bonchev–Trinajstić information content (AvgIpc) is 3.12. The van der Waals surface area contributed by atoms with E-state index in [0.29, 0.717) is 23.9 Å². The summed E-state index contributed by atoms with van der Waals surface area (Å²) >= 11 is 0. The first-order valence-corrected chi connectivity index (χ1v) is 21.8. The van der Waals surface area contributed by atoms with Gasteiger partial charge < -0.3 is 27.9 Å². The number of allylic oxidation sites excluding steroid dienone is 14. The molecule has 10 heteroatoms. The number of carbonyl (C=O) groups is 2. The Morgan fingerprint density at radius 3 is 1.50 bits per heavy atom. The van der Waals surface area contributed by atoms with Gasteiger partial charge in [0.2, 0.25) is 0 Å². The van der Waals surface area contributed by atoms with E-state index in [9.17, 15) is 19.0 Å². The van der Waals surface area contributed by atoms with Crippen LogP contribution < -0.4 is 4.89 Å². The van der Waals surface area contributed by atoms with Crippen molar-refractivity contribution in [1.82, 2.24) is 0 Å². The van der Waals surface area contributed by atoms with E-state index in [0.717, 1.165) is 70.6 Å². The fraction of sp³-hybridized carbons (Fsp3) is 0.636. The number of phosphoric acid groups is 1. The number of phosphoric ester groups is 1. The van der Waals surface area contributed by atoms with Crippen molar-refractivity contribution in [1.29, 1.82) is 0 Å². The molecule has 0 aromatic rings. The predicted molar refractivity (Wildman–Crippen MR) is 222 cm³/mol. The van der Waals surface area contributed by atoms with Crippen molar-refractivity contribution in [2.24, 2.45) is 0 Å². The normalized spacial score (nSPS) is 14.6. The van der Waals surface area contributed by atoms with Gasteiger partial charge in [-0.05, 0) is 89.9 Å². The molecule has 1 unspecified atom stereocenters. The van der Waals surface area contributed by atoms with Gasteiger partial charge in [-0.25, -0.2) is 0 Å². The number of esters is 2. The Kier molecular flexibility index (Phi) is 34.0. The van der Waals surface area contributed by atoms with Crippen molar-refractivity contribution in [2.45, 2.75) is 136 Å². The molecule has 0 aliphatic heterocycles. The maximum Gasteiger partial charge on any atom is 0.306 e. The number of quaternary nitrogens is 1. The summed E-state index contributed by atoms with van der Waals surface area (Å²) in [5.41, 5.74) is 0. The van der Waals surface area contributed by atoms with Crippen LogP contribution in [0.1, 0.15) is 129 Å². The molecule has 0 N–H and O–H groups in total. The highest BCUT2D eigenvalue weighted by Crippen LogP contribution is 2.38. The Bertz CT molecular complexity index is 1200. The third-order valence-electron chi connectivity index (χ3n) is 7.90. The van der Waals surface area contributed by atoms with Gasteiger partial charge in [0, 0.05) is 12.8 Å². The van der Waals surface area contributed by atoms with Crippen LogP contribution in [0.15, 0.2) is 85.1 Å². The molecule has 9 nitrogen and oxygen atoms in total. The zero-order chi connectivity index (χ0) is 40.0. The van der Waals surface area contributed by atoms with E-state index < -0.39 is 32.5 Å². The van der Waals surface area contributed by atoms with E-state index >= 15 is 0 Å². The van der Waals surface area contributed by atoms with Gasteiger partial charge in [0.15, 0.2) is 6.10 Å². The van der Waals surface area contributed by atoms with Crippen LogP contribution >= 0.6 is 7.82 Å². The van der Waals surface area contributed by atoms with Crippen LogP contribution in [-0.4, -0.2) is 70.0 Å². The molecule has 0 aromatic carbocycles. The van der Waals surface area contributed by atoms with Crippen molar-refractivity contribution < 1.29 is 42.1 Å². The first kappa shape index (κ1) is 51.2. The van der Waals surface area contributed by atoms with E-state index in [1.165, 1.54) is 19.3 Å². The van der Waals surface area contributed by atoms with E-state index in [1.54, 1.807) is 0 Å². The Hall–Kier alpha value is -2.81. The Morgan fingerprint density at radius 2 is 1.04 bits per heavy atom. The van der Waals surface area contributed by atoms with Crippen molar-refractivity contribution >= 4 is 19.8 Å². The molecule has 0 aliphatic carbocycles. The van der Waals surface area contributed by atoms with E-state index in [1.807, 2.05) is 21.1 Å². The molecule has 308 valence electrons. The van der Waals surface area contributed by atoms with Crippen LogP contribution in [0.3, 0.4) is 0 Å². The molecule has 0 saturated carbocycles. The maximum atomic E-state index is 12.6. The van der Waals surface area contributed by atoms with Gasteiger partial charge >= 0.3 is 11.9 Å². The number of hydrogen-bond acceptors (Lipinski definition) is 8. The van der Waals surface area contributed by atoms with Crippen LogP contribution in [0.5, 0.6) is 0 Å². The monoisotopic (exact) mass is 776 g/mol. The quantitative estimate of drug-likeness (QED) is 0.0206. The number of hydrogen-bond donors (Lipinski definition) is 0. The number of likely N-dealkylation sites (N-methyl/N-ethyl adjacent to an activating group) is 1. The third-order valence-corrected chi connectivity index (χ3v) is 8.86. The van der Waals surface area contributed by atoms with Gasteiger partial charge in [-0.1, -0.05) is 112 Å². The van der Waals surface area contributed by atoms with Crippen LogP contribution in [0.2, 0.25) is 0 Å². The summed E-state index contributed by atoms with van der Waals surface area (Å²) in [5, 5.41) is 0. The number of rotatable bonds is 35. The fourth-order valence-electron chi connectivity index (χ4n) is 4.71. The topological polar surface area (TPSA) is 111 Å². The first-order chi connectivity index (χ1) is 26.0. The van der Waals surface area contributed by atoms with Crippen molar-refractivity contribution in [3.8, 4) is 0 Å². The molecule has 0 fully saturated rings. The molecule has 0 amide bonds. The summed E-state index contributed by atoms with van der Waals surface area (Å²) in [6.07, 6.45) is 44.8. The summed E-state index contributed by atoms with van der Waals surface area (Å²) in [5.74, 6) is -0.940. The minimum atomic E-state index is -4.65. The first-order valence-electron chi connectivity index (χ1n) is 20.3. The zero-order valence-electron chi connectivity index (χ0n) is 34.4. The number of nitrogens with zero attached hydrogens (tertiary/aromatic N) is 1. The lowest BCUT2D eigenvalue weighted by Crippen LogP contribution is -2.37. The van der Waals surface area contributed by atoms with Crippen molar-refractivity contribution in [3.63, 3.8) is 0 Å². The number of ether oxygens (including phenoxy) is 2. The molecule has 54 heavy (non-hydrogen) atoms.